The summed E-state index contributed by atoms with van der Waals surface area (Å²) in [7, 11) is 0. The van der Waals surface area contributed by atoms with Gasteiger partial charge < -0.3 is 5.32 Å². The van der Waals surface area contributed by atoms with E-state index in [0.717, 1.165) is 16.9 Å². The molecule has 134 valence electrons. The number of hydrogen-bond acceptors (Lipinski definition) is 4. The van der Waals surface area contributed by atoms with Crippen molar-refractivity contribution in [1.82, 2.24) is 14.8 Å². The second kappa shape index (κ2) is 8.19. The second-order valence-electron chi connectivity index (χ2n) is 6.30. The van der Waals surface area contributed by atoms with Gasteiger partial charge in [0.15, 0.2) is 0 Å². The van der Waals surface area contributed by atoms with Gasteiger partial charge in [-0.25, -0.2) is 9.67 Å². The van der Waals surface area contributed by atoms with E-state index in [0.29, 0.717) is 11.1 Å². The van der Waals surface area contributed by atoms with Gasteiger partial charge in [0.25, 0.3) is 0 Å². The van der Waals surface area contributed by atoms with Gasteiger partial charge in [-0.3, -0.25) is 4.79 Å². The maximum absolute atomic E-state index is 12.6. The lowest BCUT2D eigenvalue weighted by Crippen LogP contribution is -2.23. The number of nitrogens with zero attached hydrogens (tertiary/aromatic N) is 3. The third kappa shape index (κ3) is 4.32. The van der Waals surface area contributed by atoms with E-state index < -0.39 is 0 Å². The smallest absolute Gasteiger partial charge is 0.237 e. The summed E-state index contributed by atoms with van der Waals surface area (Å²) in [5.41, 5.74) is 2.93. The standard InChI is InChI=1S/C20H22N4OS/c1-14(2)17-11-7-8-12-18(17)22-19(25)15(3)26-20-21-13-24(23-20)16-9-5-4-6-10-16/h4-15H,1-3H3,(H,22,25). The van der Waals surface area contributed by atoms with Gasteiger partial charge in [0.05, 0.1) is 10.9 Å². The summed E-state index contributed by atoms with van der Waals surface area (Å²) in [6, 6.07) is 17.7. The summed E-state index contributed by atoms with van der Waals surface area (Å²) in [5.74, 6) is 0.289. The van der Waals surface area contributed by atoms with Gasteiger partial charge in [-0.05, 0) is 36.6 Å². The van der Waals surface area contributed by atoms with E-state index >= 15 is 0 Å². The molecule has 5 nitrogen and oxygen atoms in total. The lowest BCUT2D eigenvalue weighted by molar-refractivity contribution is -0.115. The third-order valence-electron chi connectivity index (χ3n) is 3.98. The third-order valence-corrected chi connectivity index (χ3v) is 4.95. The van der Waals surface area contributed by atoms with Gasteiger partial charge in [-0.15, -0.1) is 5.10 Å². The molecule has 1 aromatic heterocycles. The minimum absolute atomic E-state index is 0.0563. The molecule has 1 heterocycles. The molecule has 0 saturated carbocycles. The normalized spacial score (nSPS) is 12.2. The van der Waals surface area contributed by atoms with Crippen molar-refractivity contribution in [2.45, 2.75) is 37.1 Å². The van der Waals surface area contributed by atoms with Gasteiger partial charge in [-0.2, -0.15) is 0 Å². The number of amides is 1. The predicted octanol–water partition coefficient (Wildman–Crippen LogP) is 4.51. The molecule has 1 atom stereocenters. The number of aromatic nitrogens is 3. The molecule has 1 N–H and O–H groups in total. The molecule has 3 rings (SSSR count). The molecular formula is C20H22N4OS. The topological polar surface area (TPSA) is 59.8 Å². The van der Waals surface area contributed by atoms with Crippen LogP contribution in [0.5, 0.6) is 0 Å². The Labute approximate surface area is 157 Å². The van der Waals surface area contributed by atoms with E-state index in [1.807, 2.05) is 61.5 Å². The van der Waals surface area contributed by atoms with Crippen molar-refractivity contribution in [3.8, 4) is 5.69 Å². The van der Waals surface area contributed by atoms with Crippen molar-refractivity contribution in [1.29, 1.82) is 0 Å². The minimum atomic E-state index is -0.304. The van der Waals surface area contributed by atoms with Crippen molar-refractivity contribution >= 4 is 23.4 Å². The van der Waals surface area contributed by atoms with Crippen LogP contribution in [0.3, 0.4) is 0 Å². The zero-order valence-electron chi connectivity index (χ0n) is 15.1. The Balaban J connectivity index is 1.66. The monoisotopic (exact) mass is 366 g/mol. The lowest BCUT2D eigenvalue weighted by Gasteiger charge is -2.15. The van der Waals surface area contributed by atoms with Crippen LogP contribution >= 0.6 is 11.8 Å². The molecule has 6 heteroatoms. The van der Waals surface area contributed by atoms with Crippen molar-refractivity contribution in [3.05, 3.63) is 66.5 Å². The van der Waals surface area contributed by atoms with E-state index in [9.17, 15) is 4.79 Å². The average Bonchev–Trinajstić information content (AvgIpc) is 3.11. The Morgan fingerprint density at radius 1 is 1.04 bits per heavy atom. The quantitative estimate of drug-likeness (QED) is 0.652. The lowest BCUT2D eigenvalue weighted by atomic mass is 10.0. The van der Waals surface area contributed by atoms with Gasteiger partial charge in [0, 0.05) is 5.69 Å². The van der Waals surface area contributed by atoms with Gasteiger partial charge in [0.1, 0.15) is 6.33 Å². The first-order valence-electron chi connectivity index (χ1n) is 8.58. The minimum Gasteiger partial charge on any atom is -0.325 e. The Morgan fingerprint density at radius 3 is 2.46 bits per heavy atom. The van der Waals surface area contributed by atoms with Crippen molar-refractivity contribution in [2.24, 2.45) is 0 Å². The molecule has 26 heavy (non-hydrogen) atoms. The number of rotatable bonds is 6. The largest absolute Gasteiger partial charge is 0.325 e. The number of para-hydroxylation sites is 2. The van der Waals surface area contributed by atoms with Crippen LogP contribution < -0.4 is 5.32 Å². The van der Waals surface area contributed by atoms with E-state index in [1.54, 1.807) is 11.0 Å². The molecule has 0 aliphatic rings. The summed E-state index contributed by atoms with van der Waals surface area (Å²) >= 11 is 1.35. The number of thioether (sulfide) groups is 1. The molecule has 0 aliphatic heterocycles. The first-order valence-corrected chi connectivity index (χ1v) is 9.46. The highest BCUT2D eigenvalue weighted by Crippen LogP contribution is 2.26. The number of anilines is 1. The molecule has 0 radical (unpaired) electrons. The van der Waals surface area contributed by atoms with Gasteiger partial charge in [-0.1, -0.05) is 62.0 Å². The van der Waals surface area contributed by atoms with Crippen LogP contribution in [-0.4, -0.2) is 25.9 Å². The van der Waals surface area contributed by atoms with E-state index in [1.165, 1.54) is 11.8 Å². The molecule has 1 amide bonds. The highest BCUT2D eigenvalue weighted by molar-refractivity contribution is 8.00. The van der Waals surface area contributed by atoms with Crippen LogP contribution in [-0.2, 0) is 4.79 Å². The molecule has 1 unspecified atom stereocenters. The number of carbonyl (C=O) groups excluding carboxylic acids is 1. The Bertz CT molecular complexity index is 876. The molecule has 2 aromatic carbocycles. The molecule has 0 spiro atoms. The fraction of sp³-hybridized carbons (Fsp3) is 0.250. The van der Waals surface area contributed by atoms with Crippen LogP contribution in [0.15, 0.2) is 66.1 Å². The molecule has 0 fully saturated rings. The number of benzene rings is 2. The zero-order valence-corrected chi connectivity index (χ0v) is 15.9. The van der Waals surface area contributed by atoms with Crippen LogP contribution in [0.25, 0.3) is 5.69 Å². The van der Waals surface area contributed by atoms with E-state index in [4.69, 9.17) is 0 Å². The Kier molecular flexibility index (Phi) is 5.73. The maximum atomic E-state index is 12.6. The first-order chi connectivity index (χ1) is 12.5. The highest BCUT2D eigenvalue weighted by Gasteiger charge is 2.18. The molecule has 0 aliphatic carbocycles. The Morgan fingerprint density at radius 2 is 1.73 bits per heavy atom. The van der Waals surface area contributed by atoms with Crippen LogP contribution in [0.2, 0.25) is 0 Å². The molecular weight excluding hydrogens is 344 g/mol. The molecule has 0 bridgehead atoms. The fourth-order valence-electron chi connectivity index (χ4n) is 2.57. The van der Waals surface area contributed by atoms with Crippen molar-refractivity contribution in [3.63, 3.8) is 0 Å². The SMILES string of the molecule is CC(Sc1ncn(-c2ccccc2)n1)C(=O)Nc1ccccc1C(C)C. The molecule has 3 aromatic rings. The summed E-state index contributed by atoms with van der Waals surface area (Å²) < 4.78 is 1.71. The van der Waals surface area contributed by atoms with Crippen LogP contribution in [0.1, 0.15) is 32.3 Å². The number of carbonyl (C=O) groups is 1. The maximum Gasteiger partial charge on any atom is 0.237 e. The van der Waals surface area contributed by atoms with Crippen LogP contribution in [0.4, 0.5) is 5.69 Å². The fourth-order valence-corrected chi connectivity index (χ4v) is 3.29. The van der Waals surface area contributed by atoms with E-state index in [-0.39, 0.29) is 11.2 Å². The van der Waals surface area contributed by atoms with Crippen molar-refractivity contribution < 1.29 is 4.79 Å². The zero-order chi connectivity index (χ0) is 18.5. The van der Waals surface area contributed by atoms with Gasteiger partial charge >= 0.3 is 0 Å². The summed E-state index contributed by atoms with van der Waals surface area (Å²) in [6.45, 7) is 6.09. The average molecular weight is 366 g/mol. The summed E-state index contributed by atoms with van der Waals surface area (Å²) in [5, 5.41) is 7.75. The summed E-state index contributed by atoms with van der Waals surface area (Å²) in [4.78, 5) is 16.9. The highest BCUT2D eigenvalue weighted by atomic mass is 32.2. The number of nitrogens with one attached hydrogen (secondary N) is 1. The Hall–Kier alpha value is -2.60. The number of hydrogen-bond donors (Lipinski definition) is 1. The summed E-state index contributed by atoms with van der Waals surface area (Å²) in [6.07, 6.45) is 1.66. The first kappa shape index (κ1) is 18.2. The second-order valence-corrected chi connectivity index (χ2v) is 7.61. The van der Waals surface area contributed by atoms with E-state index in [2.05, 4.69) is 29.2 Å². The van der Waals surface area contributed by atoms with Crippen LogP contribution in [0, 0.1) is 0 Å². The molecule has 0 saturated heterocycles. The predicted molar refractivity (Wildman–Crippen MR) is 106 cm³/mol. The van der Waals surface area contributed by atoms with Crippen molar-refractivity contribution in [2.75, 3.05) is 5.32 Å². The van der Waals surface area contributed by atoms with Gasteiger partial charge in [0.2, 0.25) is 11.1 Å².